The first-order valence-corrected chi connectivity index (χ1v) is 10.0. The molecular formula is C18H21N3O5S. The van der Waals surface area contributed by atoms with Crippen LogP contribution in [0.15, 0.2) is 39.8 Å². The van der Waals surface area contributed by atoms with Gasteiger partial charge in [-0.05, 0) is 49.6 Å². The summed E-state index contributed by atoms with van der Waals surface area (Å²) in [5.41, 5.74) is 1.48. The molecule has 1 aliphatic heterocycles. The van der Waals surface area contributed by atoms with Crippen LogP contribution in [0, 0.1) is 6.92 Å². The molecule has 2 heterocycles. The SMILES string of the molecule is CNC(=O)c1cccc(NC(=O)c2ccc(S(=O)(=O)N3CCCC3)o2)c1C. The molecule has 1 fully saturated rings. The summed E-state index contributed by atoms with van der Waals surface area (Å²) < 4.78 is 31.6. The molecule has 27 heavy (non-hydrogen) atoms. The number of hydrogen-bond donors (Lipinski definition) is 2. The van der Waals surface area contributed by atoms with Gasteiger partial charge in [-0.25, -0.2) is 8.42 Å². The second kappa shape index (κ2) is 7.53. The second-order valence-corrected chi connectivity index (χ2v) is 8.11. The van der Waals surface area contributed by atoms with Crippen LogP contribution >= 0.6 is 0 Å². The van der Waals surface area contributed by atoms with E-state index in [9.17, 15) is 18.0 Å². The maximum atomic E-state index is 12.5. The van der Waals surface area contributed by atoms with E-state index in [1.165, 1.54) is 23.5 Å². The number of carbonyl (C=O) groups is 2. The second-order valence-electron chi connectivity index (χ2n) is 6.24. The number of hydrogen-bond acceptors (Lipinski definition) is 5. The van der Waals surface area contributed by atoms with Crippen molar-refractivity contribution in [2.45, 2.75) is 24.9 Å². The lowest BCUT2D eigenvalue weighted by Gasteiger charge is -2.13. The molecule has 0 radical (unpaired) electrons. The molecule has 2 aromatic rings. The average Bonchev–Trinajstić information content (AvgIpc) is 3.35. The molecule has 0 unspecified atom stereocenters. The predicted octanol–water partition coefficient (Wildman–Crippen LogP) is 1.98. The summed E-state index contributed by atoms with van der Waals surface area (Å²) in [6.07, 6.45) is 1.63. The van der Waals surface area contributed by atoms with Crippen LogP contribution in [-0.4, -0.2) is 44.7 Å². The van der Waals surface area contributed by atoms with Crippen molar-refractivity contribution in [3.05, 3.63) is 47.2 Å². The molecule has 2 N–H and O–H groups in total. The van der Waals surface area contributed by atoms with Gasteiger partial charge in [0.2, 0.25) is 5.09 Å². The Labute approximate surface area is 157 Å². The molecule has 1 saturated heterocycles. The Hall–Kier alpha value is -2.65. The highest BCUT2D eigenvalue weighted by Crippen LogP contribution is 2.24. The summed E-state index contributed by atoms with van der Waals surface area (Å²) in [5.74, 6) is -0.965. The van der Waals surface area contributed by atoms with E-state index in [0.717, 1.165) is 12.8 Å². The highest BCUT2D eigenvalue weighted by Gasteiger charge is 2.30. The predicted molar refractivity (Wildman–Crippen MR) is 99.2 cm³/mol. The van der Waals surface area contributed by atoms with Gasteiger partial charge in [0.05, 0.1) is 0 Å². The Morgan fingerprint density at radius 1 is 1.07 bits per heavy atom. The lowest BCUT2D eigenvalue weighted by molar-refractivity contribution is 0.0959. The van der Waals surface area contributed by atoms with Crippen molar-refractivity contribution in [3.63, 3.8) is 0 Å². The molecule has 0 saturated carbocycles. The van der Waals surface area contributed by atoms with Crippen molar-refractivity contribution in [2.24, 2.45) is 0 Å². The van der Waals surface area contributed by atoms with Crippen LogP contribution in [-0.2, 0) is 10.0 Å². The molecule has 9 heteroatoms. The largest absolute Gasteiger partial charge is 0.438 e. The molecule has 1 aromatic heterocycles. The molecule has 0 spiro atoms. The van der Waals surface area contributed by atoms with Crippen LogP contribution < -0.4 is 10.6 Å². The lowest BCUT2D eigenvalue weighted by atomic mass is 10.1. The van der Waals surface area contributed by atoms with E-state index in [0.29, 0.717) is 29.9 Å². The number of sulfonamides is 1. The fourth-order valence-electron chi connectivity index (χ4n) is 2.97. The Bertz CT molecular complexity index is 975. The van der Waals surface area contributed by atoms with Gasteiger partial charge in [-0.2, -0.15) is 4.31 Å². The van der Waals surface area contributed by atoms with E-state index < -0.39 is 15.9 Å². The molecule has 0 aliphatic carbocycles. The summed E-state index contributed by atoms with van der Waals surface area (Å²) >= 11 is 0. The minimum Gasteiger partial charge on any atom is -0.438 e. The minimum absolute atomic E-state index is 0.113. The number of furan rings is 1. The maximum absolute atomic E-state index is 12.5. The molecule has 3 rings (SSSR count). The summed E-state index contributed by atoms with van der Waals surface area (Å²) in [6.45, 7) is 2.62. The van der Waals surface area contributed by atoms with Crippen molar-refractivity contribution in [1.82, 2.24) is 9.62 Å². The Morgan fingerprint density at radius 2 is 1.78 bits per heavy atom. The van der Waals surface area contributed by atoms with E-state index >= 15 is 0 Å². The van der Waals surface area contributed by atoms with E-state index in [1.54, 1.807) is 25.1 Å². The first-order chi connectivity index (χ1) is 12.8. The number of amides is 2. The maximum Gasteiger partial charge on any atom is 0.291 e. The van der Waals surface area contributed by atoms with Crippen molar-refractivity contribution < 1.29 is 22.4 Å². The molecule has 2 amide bonds. The number of nitrogens with zero attached hydrogens (tertiary/aromatic N) is 1. The molecule has 0 bridgehead atoms. The Kier molecular flexibility index (Phi) is 5.33. The molecule has 1 aliphatic rings. The zero-order valence-electron chi connectivity index (χ0n) is 15.1. The zero-order valence-corrected chi connectivity index (χ0v) is 15.9. The van der Waals surface area contributed by atoms with Gasteiger partial charge in [0.25, 0.3) is 21.8 Å². The normalized spacial score (nSPS) is 14.9. The zero-order chi connectivity index (χ0) is 19.6. The fourth-order valence-corrected chi connectivity index (χ4v) is 4.40. The Balaban J connectivity index is 1.80. The molecule has 8 nitrogen and oxygen atoms in total. The van der Waals surface area contributed by atoms with Gasteiger partial charge in [-0.15, -0.1) is 0 Å². The number of nitrogens with one attached hydrogen (secondary N) is 2. The van der Waals surface area contributed by atoms with Gasteiger partial charge >= 0.3 is 0 Å². The first kappa shape index (κ1) is 19.1. The highest BCUT2D eigenvalue weighted by atomic mass is 32.2. The van der Waals surface area contributed by atoms with Gasteiger partial charge in [-0.1, -0.05) is 6.07 Å². The van der Waals surface area contributed by atoms with Crippen molar-refractivity contribution in [3.8, 4) is 0 Å². The van der Waals surface area contributed by atoms with Crippen LogP contribution in [0.25, 0.3) is 0 Å². The van der Waals surface area contributed by atoms with E-state index in [2.05, 4.69) is 10.6 Å². The summed E-state index contributed by atoms with van der Waals surface area (Å²) in [4.78, 5) is 24.3. The average molecular weight is 391 g/mol. The van der Waals surface area contributed by atoms with Crippen LogP contribution in [0.1, 0.15) is 39.3 Å². The Morgan fingerprint density at radius 3 is 2.44 bits per heavy atom. The van der Waals surface area contributed by atoms with Gasteiger partial charge in [0.15, 0.2) is 5.76 Å². The third kappa shape index (κ3) is 3.74. The monoisotopic (exact) mass is 391 g/mol. The number of carbonyl (C=O) groups excluding carboxylic acids is 2. The summed E-state index contributed by atoms with van der Waals surface area (Å²) in [7, 11) is -2.19. The number of benzene rings is 1. The van der Waals surface area contributed by atoms with Crippen LogP contribution in [0.4, 0.5) is 5.69 Å². The minimum atomic E-state index is -3.72. The van der Waals surface area contributed by atoms with Gasteiger partial charge in [0, 0.05) is 31.4 Å². The van der Waals surface area contributed by atoms with Gasteiger partial charge in [-0.3, -0.25) is 9.59 Å². The third-order valence-electron chi connectivity index (χ3n) is 4.52. The van der Waals surface area contributed by atoms with Crippen LogP contribution in [0.3, 0.4) is 0 Å². The molecule has 0 atom stereocenters. The van der Waals surface area contributed by atoms with E-state index in [-0.39, 0.29) is 16.8 Å². The standard InChI is InChI=1S/C18H21N3O5S/c1-12-13(17(22)19-2)6-5-7-14(12)20-18(23)15-8-9-16(26-15)27(24,25)21-10-3-4-11-21/h5-9H,3-4,10-11H2,1-2H3,(H,19,22)(H,20,23). The highest BCUT2D eigenvalue weighted by molar-refractivity contribution is 7.89. The van der Waals surface area contributed by atoms with Crippen molar-refractivity contribution >= 4 is 27.5 Å². The number of anilines is 1. The fraction of sp³-hybridized carbons (Fsp3) is 0.333. The quantitative estimate of drug-likeness (QED) is 0.810. The van der Waals surface area contributed by atoms with Gasteiger partial charge < -0.3 is 15.1 Å². The molecule has 1 aromatic carbocycles. The van der Waals surface area contributed by atoms with Crippen LogP contribution in [0.2, 0.25) is 0 Å². The molecule has 144 valence electrons. The molecular weight excluding hydrogens is 370 g/mol. The summed E-state index contributed by atoms with van der Waals surface area (Å²) in [5, 5.41) is 4.95. The summed E-state index contributed by atoms with van der Waals surface area (Å²) in [6, 6.07) is 7.58. The van der Waals surface area contributed by atoms with Crippen molar-refractivity contribution in [2.75, 3.05) is 25.5 Å². The van der Waals surface area contributed by atoms with Crippen molar-refractivity contribution in [1.29, 1.82) is 0 Å². The first-order valence-electron chi connectivity index (χ1n) is 8.57. The van der Waals surface area contributed by atoms with E-state index in [1.807, 2.05) is 0 Å². The topological polar surface area (TPSA) is 109 Å². The third-order valence-corrected chi connectivity index (χ3v) is 6.29. The van der Waals surface area contributed by atoms with Crippen LogP contribution in [0.5, 0.6) is 0 Å². The lowest BCUT2D eigenvalue weighted by Crippen LogP contribution is -2.27. The van der Waals surface area contributed by atoms with E-state index in [4.69, 9.17) is 4.42 Å². The van der Waals surface area contributed by atoms with Gasteiger partial charge in [0.1, 0.15) is 0 Å². The smallest absolute Gasteiger partial charge is 0.291 e. The number of rotatable bonds is 5.